The summed E-state index contributed by atoms with van der Waals surface area (Å²) in [5, 5.41) is 12.1. The number of carboxylic acid groups (broad SMARTS) is 1. The van der Waals surface area contributed by atoms with Crippen LogP contribution in [0.15, 0.2) is 36.4 Å². The van der Waals surface area contributed by atoms with Gasteiger partial charge in [0.05, 0.1) is 17.1 Å². The standard InChI is InChI=1S/C21H20FNO4/c1-12-3-2-4-17(18(12)22)27-14-7-9-21(10-8-14)15-11-13(19(24)25)5-6-16(15)23-20(21)26/h2-6,11,14H,7-10H2,1H3,(H,23,26)(H,24,25). The fourth-order valence-corrected chi connectivity index (χ4v) is 4.14. The monoisotopic (exact) mass is 369 g/mol. The van der Waals surface area contributed by atoms with Gasteiger partial charge in [-0.25, -0.2) is 9.18 Å². The van der Waals surface area contributed by atoms with E-state index in [1.165, 1.54) is 6.07 Å². The van der Waals surface area contributed by atoms with Gasteiger partial charge in [-0.05, 0) is 68.0 Å². The largest absolute Gasteiger partial charge is 0.487 e. The molecule has 140 valence electrons. The van der Waals surface area contributed by atoms with Crippen molar-refractivity contribution in [3.8, 4) is 5.75 Å². The SMILES string of the molecule is Cc1cccc(OC2CCC3(CC2)C(=O)Nc2ccc(C(=O)O)cc23)c1F. The average molecular weight is 369 g/mol. The number of nitrogens with one attached hydrogen (secondary N) is 1. The summed E-state index contributed by atoms with van der Waals surface area (Å²) in [5.41, 5.74) is 1.39. The molecule has 1 spiro atoms. The predicted octanol–water partition coefficient (Wildman–Crippen LogP) is 4.04. The van der Waals surface area contributed by atoms with E-state index in [-0.39, 0.29) is 29.1 Å². The summed E-state index contributed by atoms with van der Waals surface area (Å²) in [6.07, 6.45) is 2.08. The molecule has 1 amide bonds. The molecule has 2 aromatic rings. The minimum Gasteiger partial charge on any atom is -0.487 e. The average Bonchev–Trinajstić information content (AvgIpc) is 2.92. The highest BCUT2D eigenvalue weighted by Gasteiger charge is 2.49. The maximum Gasteiger partial charge on any atom is 0.335 e. The van der Waals surface area contributed by atoms with Gasteiger partial charge in [-0.2, -0.15) is 0 Å². The molecule has 6 heteroatoms. The summed E-state index contributed by atoms with van der Waals surface area (Å²) in [5.74, 6) is -1.23. The zero-order chi connectivity index (χ0) is 19.2. The van der Waals surface area contributed by atoms with Crippen molar-refractivity contribution in [2.45, 2.75) is 44.1 Å². The molecule has 2 aliphatic rings. The lowest BCUT2D eigenvalue weighted by atomic mass is 9.69. The molecule has 0 bridgehead atoms. The second-order valence-electron chi connectivity index (χ2n) is 7.31. The van der Waals surface area contributed by atoms with Crippen molar-refractivity contribution in [1.82, 2.24) is 0 Å². The first-order valence-electron chi connectivity index (χ1n) is 9.02. The highest BCUT2D eigenvalue weighted by Crippen LogP contribution is 2.48. The third-order valence-electron chi connectivity index (χ3n) is 5.70. The van der Waals surface area contributed by atoms with Gasteiger partial charge >= 0.3 is 5.97 Å². The topological polar surface area (TPSA) is 75.6 Å². The van der Waals surface area contributed by atoms with Gasteiger partial charge in [-0.3, -0.25) is 4.79 Å². The molecule has 2 aromatic carbocycles. The van der Waals surface area contributed by atoms with Crippen LogP contribution < -0.4 is 10.1 Å². The Morgan fingerprint density at radius 3 is 2.70 bits per heavy atom. The molecule has 1 aliphatic heterocycles. The third-order valence-corrected chi connectivity index (χ3v) is 5.70. The number of anilines is 1. The van der Waals surface area contributed by atoms with Crippen molar-refractivity contribution in [3.05, 3.63) is 58.9 Å². The number of carbonyl (C=O) groups excluding carboxylic acids is 1. The fraction of sp³-hybridized carbons (Fsp3) is 0.333. The van der Waals surface area contributed by atoms with Crippen molar-refractivity contribution in [3.63, 3.8) is 0 Å². The smallest absolute Gasteiger partial charge is 0.335 e. The number of ether oxygens (including phenoxy) is 1. The van der Waals surface area contributed by atoms with Gasteiger partial charge in [0.25, 0.3) is 0 Å². The number of halogens is 1. The Kier molecular flexibility index (Phi) is 4.13. The molecular weight excluding hydrogens is 349 g/mol. The molecule has 0 unspecified atom stereocenters. The minimum atomic E-state index is -1.01. The maximum atomic E-state index is 14.2. The third kappa shape index (κ3) is 2.85. The highest BCUT2D eigenvalue weighted by molar-refractivity contribution is 6.07. The Balaban J connectivity index is 1.55. The number of benzene rings is 2. The Labute approximate surface area is 156 Å². The van der Waals surface area contributed by atoms with E-state index in [1.807, 2.05) is 0 Å². The lowest BCUT2D eigenvalue weighted by molar-refractivity contribution is -0.122. The number of aryl methyl sites for hydroxylation is 1. The lowest BCUT2D eigenvalue weighted by Crippen LogP contribution is -2.41. The number of rotatable bonds is 3. The number of carbonyl (C=O) groups is 2. The number of fused-ring (bicyclic) bond motifs is 2. The molecule has 27 heavy (non-hydrogen) atoms. The van der Waals surface area contributed by atoms with Gasteiger partial charge in [-0.1, -0.05) is 12.1 Å². The summed E-state index contributed by atoms with van der Waals surface area (Å²) in [4.78, 5) is 24.0. The molecule has 1 saturated carbocycles. The van der Waals surface area contributed by atoms with Crippen LogP contribution in [0.1, 0.15) is 47.2 Å². The second-order valence-corrected chi connectivity index (χ2v) is 7.31. The quantitative estimate of drug-likeness (QED) is 0.856. The summed E-state index contributed by atoms with van der Waals surface area (Å²) in [7, 11) is 0. The zero-order valence-corrected chi connectivity index (χ0v) is 14.9. The molecule has 0 atom stereocenters. The van der Waals surface area contributed by atoms with E-state index in [0.29, 0.717) is 36.9 Å². The highest BCUT2D eigenvalue weighted by atomic mass is 19.1. The number of aromatic carboxylic acids is 1. The van der Waals surface area contributed by atoms with Crippen LogP contribution in [0.3, 0.4) is 0 Å². The van der Waals surface area contributed by atoms with E-state index >= 15 is 0 Å². The summed E-state index contributed by atoms with van der Waals surface area (Å²) in [6, 6.07) is 9.80. The van der Waals surface area contributed by atoms with E-state index in [2.05, 4.69) is 5.32 Å². The molecule has 0 aromatic heterocycles. The van der Waals surface area contributed by atoms with Crippen LogP contribution in [0.5, 0.6) is 5.75 Å². The first-order valence-corrected chi connectivity index (χ1v) is 9.02. The van der Waals surface area contributed by atoms with E-state index in [4.69, 9.17) is 4.74 Å². The molecule has 0 saturated heterocycles. The number of hydrogen-bond acceptors (Lipinski definition) is 3. The molecule has 4 rings (SSSR count). The van der Waals surface area contributed by atoms with Crippen LogP contribution >= 0.6 is 0 Å². The molecule has 1 heterocycles. The van der Waals surface area contributed by atoms with Crippen LogP contribution in [0.2, 0.25) is 0 Å². The zero-order valence-electron chi connectivity index (χ0n) is 14.9. The van der Waals surface area contributed by atoms with E-state index in [1.54, 1.807) is 37.3 Å². The summed E-state index contributed by atoms with van der Waals surface area (Å²) < 4.78 is 20.0. The molecule has 5 nitrogen and oxygen atoms in total. The Hall–Kier alpha value is -2.89. The van der Waals surface area contributed by atoms with Crippen molar-refractivity contribution >= 4 is 17.6 Å². The van der Waals surface area contributed by atoms with Crippen LogP contribution in [0, 0.1) is 12.7 Å². The van der Waals surface area contributed by atoms with E-state index in [9.17, 15) is 19.1 Å². The lowest BCUT2D eigenvalue weighted by Gasteiger charge is -2.35. The van der Waals surface area contributed by atoms with Gasteiger partial charge in [0.2, 0.25) is 5.91 Å². The maximum absolute atomic E-state index is 14.2. The molecule has 2 N–H and O–H groups in total. The number of amides is 1. The first kappa shape index (κ1) is 17.5. The predicted molar refractivity (Wildman–Crippen MR) is 97.7 cm³/mol. The van der Waals surface area contributed by atoms with Crippen LogP contribution in [0.25, 0.3) is 0 Å². The van der Waals surface area contributed by atoms with Gasteiger partial charge in [0.15, 0.2) is 11.6 Å². The van der Waals surface area contributed by atoms with Crippen molar-refractivity contribution in [2.75, 3.05) is 5.32 Å². The molecule has 0 radical (unpaired) electrons. The Morgan fingerprint density at radius 1 is 1.26 bits per heavy atom. The Morgan fingerprint density at radius 2 is 2.00 bits per heavy atom. The molecule has 1 fully saturated rings. The van der Waals surface area contributed by atoms with Gasteiger partial charge in [-0.15, -0.1) is 0 Å². The van der Waals surface area contributed by atoms with Gasteiger partial charge in [0.1, 0.15) is 0 Å². The summed E-state index contributed by atoms with van der Waals surface area (Å²) in [6.45, 7) is 1.69. The number of carboxylic acids is 1. The fourth-order valence-electron chi connectivity index (χ4n) is 4.14. The van der Waals surface area contributed by atoms with Gasteiger partial charge in [0, 0.05) is 5.69 Å². The second kappa shape index (κ2) is 6.37. The number of hydrogen-bond donors (Lipinski definition) is 2. The normalized spacial score (nSPS) is 23.8. The van der Waals surface area contributed by atoms with Crippen molar-refractivity contribution in [1.29, 1.82) is 0 Å². The van der Waals surface area contributed by atoms with Crippen LogP contribution in [-0.4, -0.2) is 23.1 Å². The van der Waals surface area contributed by atoms with Crippen molar-refractivity contribution in [2.24, 2.45) is 0 Å². The Bertz CT molecular complexity index is 932. The molecule has 1 aliphatic carbocycles. The van der Waals surface area contributed by atoms with Crippen LogP contribution in [-0.2, 0) is 10.2 Å². The summed E-state index contributed by atoms with van der Waals surface area (Å²) >= 11 is 0. The minimum absolute atomic E-state index is 0.0970. The first-order chi connectivity index (χ1) is 12.9. The van der Waals surface area contributed by atoms with Crippen LogP contribution in [0.4, 0.5) is 10.1 Å². The van der Waals surface area contributed by atoms with Gasteiger partial charge < -0.3 is 15.2 Å². The van der Waals surface area contributed by atoms with Crippen molar-refractivity contribution < 1.29 is 23.8 Å². The van der Waals surface area contributed by atoms with E-state index < -0.39 is 11.4 Å². The molecular formula is C21H20FNO4. The van der Waals surface area contributed by atoms with E-state index in [0.717, 1.165) is 5.56 Å².